The Balaban J connectivity index is 1.61. The number of pyridine rings is 1. The molecule has 0 saturated heterocycles. The molecule has 0 radical (unpaired) electrons. The van der Waals surface area contributed by atoms with Crippen LogP contribution in [0, 0.1) is 41.5 Å². The fraction of sp³-hybridized carbons (Fsp3) is 0.333. The van der Waals surface area contributed by atoms with Crippen molar-refractivity contribution in [1.82, 2.24) is 19.6 Å². The van der Waals surface area contributed by atoms with E-state index in [0.717, 1.165) is 44.9 Å². The third kappa shape index (κ3) is 3.54. The first kappa shape index (κ1) is 20.0. The minimum atomic E-state index is -0.00378. The second-order valence-electron chi connectivity index (χ2n) is 8.12. The van der Waals surface area contributed by atoms with Gasteiger partial charge in [0.05, 0.1) is 5.39 Å². The third-order valence-electron chi connectivity index (χ3n) is 5.80. The molecule has 3 aromatic heterocycles. The summed E-state index contributed by atoms with van der Waals surface area (Å²) in [4.78, 5) is 21.9. The van der Waals surface area contributed by atoms with Crippen LogP contribution in [0.3, 0.4) is 0 Å². The van der Waals surface area contributed by atoms with Crippen molar-refractivity contribution in [2.24, 2.45) is 0 Å². The zero-order valence-corrected chi connectivity index (χ0v) is 18.4. The molecule has 3 heterocycles. The number of rotatable bonds is 4. The molecule has 0 fully saturated rings. The van der Waals surface area contributed by atoms with Crippen molar-refractivity contribution in [3.8, 4) is 0 Å². The molecule has 0 saturated carbocycles. The molecule has 0 bridgehead atoms. The molecule has 0 atom stereocenters. The van der Waals surface area contributed by atoms with Gasteiger partial charge in [0, 0.05) is 29.2 Å². The Labute approximate surface area is 176 Å². The maximum absolute atomic E-state index is 12.5. The Bertz CT molecular complexity index is 1300. The van der Waals surface area contributed by atoms with Crippen molar-refractivity contribution in [2.75, 3.05) is 5.32 Å². The van der Waals surface area contributed by atoms with E-state index in [-0.39, 0.29) is 5.91 Å². The molecular formula is C24H27N5O. The summed E-state index contributed by atoms with van der Waals surface area (Å²) in [5, 5.41) is 8.68. The van der Waals surface area contributed by atoms with E-state index in [2.05, 4.69) is 30.2 Å². The summed E-state index contributed by atoms with van der Waals surface area (Å²) >= 11 is 0. The first-order valence-corrected chi connectivity index (χ1v) is 10.2. The SMILES string of the molecule is Cc1cc(C)c2c(n1)nn1c(C)c(CCC(=O)Nc3ccc(C)c(C)c3)c(C)nc21. The number of aromatic nitrogens is 4. The number of hydrogen-bond donors (Lipinski definition) is 1. The van der Waals surface area contributed by atoms with Gasteiger partial charge in [0.1, 0.15) is 0 Å². The summed E-state index contributed by atoms with van der Waals surface area (Å²) in [6, 6.07) is 8.03. The molecular weight excluding hydrogens is 374 g/mol. The van der Waals surface area contributed by atoms with Crippen LogP contribution >= 0.6 is 0 Å². The normalized spacial score (nSPS) is 11.4. The lowest BCUT2D eigenvalue weighted by molar-refractivity contribution is -0.116. The van der Waals surface area contributed by atoms with E-state index in [1.165, 1.54) is 11.1 Å². The summed E-state index contributed by atoms with van der Waals surface area (Å²) in [6.07, 6.45) is 0.998. The number of hydrogen-bond acceptors (Lipinski definition) is 4. The van der Waals surface area contributed by atoms with Crippen molar-refractivity contribution in [2.45, 2.75) is 54.4 Å². The number of carbonyl (C=O) groups excluding carboxylic acids is 1. The van der Waals surface area contributed by atoms with Gasteiger partial charge in [0.25, 0.3) is 0 Å². The summed E-state index contributed by atoms with van der Waals surface area (Å²) in [7, 11) is 0. The molecule has 30 heavy (non-hydrogen) atoms. The van der Waals surface area contributed by atoms with Crippen LogP contribution in [0.4, 0.5) is 5.69 Å². The highest BCUT2D eigenvalue weighted by molar-refractivity contribution is 5.93. The van der Waals surface area contributed by atoms with E-state index in [9.17, 15) is 4.79 Å². The van der Waals surface area contributed by atoms with Crippen LogP contribution in [0.25, 0.3) is 16.7 Å². The van der Waals surface area contributed by atoms with Crippen LogP contribution in [0.15, 0.2) is 24.3 Å². The summed E-state index contributed by atoms with van der Waals surface area (Å²) in [5.41, 5.74) is 9.82. The van der Waals surface area contributed by atoms with Crippen LogP contribution < -0.4 is 5.32 Å². The predicted molar refractivity (Wildman–Crippen MR) is 120 cm³/mol. The molecule has 0 aliphatic heterocycles. The molecule has 4 rings (SSSR count). The number of benzene rings is 1. The number of anilines is 1. The zero-order valence-electron chi connectivity index (χ0n) is 18.4. The lowest BCUT2D eigenvalue weighted by Gasteiger charge is -2.12. The lowest BCUT2D eigenvalue weighted by atomic mass is 10.1. The largest absolute Gasteiger partial charge is 0.326 e. The average Bonchev–Trinajstić information content (AvgIpc) is 3.03. The maximum Gasteiger partial charge on any atom is 0.224 e. The van der Waals surface area contributed by atoms with Gasteiger partial charge in [-0.15, -0.1) is 5.10 Å². The molecule has 6 nitrogen and oxygen atoms in total. The first-order chi connectivity index (χ1) is 14.2. The van der Waals surface area contributed by atoms with Crippen LogP contribution in [0.1, 0.15) is 45.8 Å². The Hall–Kier alpha value is -3.28. The van der Waals surface area contributed by atoms with E-state index in [1.54, 1.807) is 0 Å². The quantitative estimate of drug-likeness (QED) is 0.538. The van der Waals surface area contributed by atoms with Gasteiger partial charge in [-0.1, -0.05) is 6.07 Å². The third-order valence-corrected chi connectivity index (χ3v) is 5.80. The summed E-state index contributed by atoms with van der Waals surface area (Å²) in [5.74, 6) is -0.00378. The highest BCUT2D eigenvalue weighted by atomic mass is 16.1. The second-order valence-corrected chi connectivity index (χ2v) is 8.12. The number of carbonyl (C=O) groups is 1. The van der Waals surface area contributed by atoms with Gasteiger partial charge in [0.2, 0.25) is 5.91 Å². The van der Waals surface area contributed by atoms with Gasteiger partial charge >= 0.3 is 0 Å². The molecule has 0 spiro atoms. The average molecular weight is 402 g/mol. The van der Waals surface area contributed by atoms with E-state index in [1.807, 2.05) is 50.4 Å². The lowest BCUT2D eigenvalue weighted by Crippen LogP contribution is -2.14. The summed E-state index contributed by atoms with van der Waals surface area (Å²) in [6.45, 7) is 12.2. The fourth-order valence-corrected chi connectivity index (χ4v) is 4.01. The van der Waals surface area contributed by atoms with Gasteiger partial charge < -0.3 is 5.32 Å². The highest BCUT2D eigenvalue weighted by Gasteiger charge is 2.17. The monoisotopic (exact) mass is 401 g/mol. The molecule has 1 amide bonds. The highest BCUT2D eigenvalue weighted by Crippen LogP contribution is 2.25. The molecule has 0 unspecified atom stereocenters. The van der Waals surface area contributed by atoms with Crippen LogP contribution in [-0.4, -0.2) is 25.5 Å². The van der Waals surface area contributed by atoms with Gasteiger partial charge in [-0.25, -0.2) is 14.5 Å². The van der Waals surface area contributed by atoms with Gasteiger partial charge in [-0.2, -0.15) is 0 Å². The molecule has 4 aromatic rings. The Morgan fingerprint density at radius 1 is 0.967 bits per heavy atom. The van der Waals surface area contributed by atoms with Crippen LogP contribution in [0.5, 0.6) is 0 Å². The Morgan fingerprint density at radius 2 is 1.73 bits per heavy atom. The predicted octanol–water partition coefficient (Wildman–Crippen LogP) is 4.70. The van der Waals surface area contributed by atoms with Crippen molar-refractivity contribution in [1.29, 1.82) is 0 Å². The van der Waals surface area contributed by atoms with Gasteiger partial charge in [-0.05, 0) is 88.4 Å². The first-order valence-electron chi connectivity index (χ1n) is 10.2. The molecule has 1 N–H and O–H groups in total. The summed E-state index contributed by atoms with van der Waals surface area (Å²) < 4.78 is 1.87. The number of nitrogens with zero attached hydrogens (tertiary/aromatic N) is 4. The molecule has 1 aromatic carbocycles. The molecule has 0 aliphatic rings. The number of nitrogens with one attached hydrogen (secondary N) is 1. The smallest absolute Gasteiger partial charge is 0.224 e. The maximum atomic E-state index is 12.5. The molecule has 6 heteroatoms. The van der Waals surface area contributed by atoms with E-state index >= 15 is 0 Å². The number of amides is 1. The topological polar surface area (TPSA) is 72.2 Å². The standard InChI is InChI=1S/C24H27N5O/c1-13-7-8-19(12-14(13)2)27-21(30)10-9-20-17(5)26-24-22-15(3)11-16(4)25-23(22)28-29(24)18(20)6/h7-8,11-12H,9-10H2,1-6H3,(H,27,30). The molecule has 0 aliphatic carbocycles. The Morgan fingerprint density at radius 3 is 2.47 bits per heavy atom. The minimum absolute atomic E-state index is 0.00378. The fourth-order valence-electron chi connectivity index (χ4n) is 4.01. The minimum Gasteiger partial charge on any atom is -0.326 e. The van der Waals surface area contributed by atoms with Crippen molar-refractivity contribution >= 4 is 28.3 Å². The van der Waals surface area contributed by atoms with Gasteiger partial charge in [0.15, 0.2) is 11.3 Å². The van der Waals surface area contributed by atoms with Crippen molar-refractivity contribution in [3.05, 3.63) is 63.6 Å². The Kier molecular flexibility index (Phi) is 5.02. The van der Waals surface area contributed by atoms with E-state index in [4.69, 9.17) is 10.1 Å². The zero-order chi connectivity index (χ0) is 21.6. The molecule has 154 valence electrons. The number of fused-ring (bicyclic) bond motifs is 3. The van der Waals surface area contributed by atoms with Gasteiger partial charge in [-0.3, -0.25) is 4.79 Å². The van der Waals surface area contributed by atoms with Crippen molar-refractivity contribution < 1.29 is 4.79 Å². The van der Waals surface area contributed by atoms with Crippen molar-refractivity contribution in [3.63, 3.8) is 0 Å². The second kappa shape index (κ2) is 7.52. The van der Waals surface area contributed by atoms with E-state index < -0.39 is 0 Å². The van der Waals surface area contributed by atoms with Crippen LogP contribution in [-0.2, 0) is 11.2 Å². The number of aryl methyl sites for hydroxylation is 6. The van der Waals surface area contributed by atoms with Crippen LogP contribution in [0.2, 0.25) is 0 Å². The van der Waals surface area contributed by atoms with E-state index in [0.29, 0.717) is 18.5 Å².